The Morgan fingerprint density at radius 3 is 1.44 bits per heavy atom. The average molecular weight is 571 g/mol. The van der Waals surface area contributed by atoms with E-state index in [1.807, 2.05) is 12.4 Å². The molecule has 0 N–H and O–H groups in total. The van der Waals surface area contributed by atoms with Gasteiger partial charge in [-0.25, -0.2) is 0 Å². The number of pyridine rings is 2. The zero-order valence-electron chi connectivity index (χ0n) is 25.1. The van der Waals surface area contributed by atoms with Crippen molar-refractivity contribution in [2.45, 2.75) is 38.0 Å². The first-order chi connectivity index (χ1) is 20.9. The second-order valence-corrected chi connectivity index (χ2v) is 17.7. The first-order valence-electron chi connectivity index (χ1n) is 15.2. The summed E-state index contributed by atoms with van der Waals surface area (Å²) in [5.74, 6) is 0. The van der Waals surface area contributed by atoms with Crippen molar-refractivity contribution in [3.63, 3.8) is 0 Å². The summed E-state index contributed by atoms with van der Waals surface area (Å²) in [5.41, 5.74) is 16.6. The molecule has 2 aliphatic carbocycles. The quantitative estimate of drug-likeness (QED) is 0.197. The summed E-state index contributed by atoms with van der Waals surface area (Å²) in [4.78, 5) is 9.59. The summed E-state index contributed by atoms with van der Waals surface area (Å²) in [7, 11) is -1.97. The minimum absolute atomic E-state index is 0.446. The van der Waals surface area contributed by atoms with Crippen LogP contribution in [0.3, 0.4) is 0 Å². The van der Waals surface area contributed by atoms with Crippen LogP contribution in [0, 0.1) is 0 Å². The maximum Gasteiger partial charge on any atom is 0.0722 e. The van der Waals surface area contributed by atoms with Gasteiger partial charge in [-0.05, 0) is 71.5 Å². The van der Waals surface area contributed by atoms with Crippen LogP contribution in [0.15, 0.2) is 121 Å². The lowest BCUT2D eigenvalue weighted by molar-refractivity contribution is 0.968. The Bertz CT molecular complexity index is 2000. The molecule has 0 aliphatic heterocycles. The first-order valence-corrected chi connectivity index (χ1v) is 18.4. The number of hydrogen-bond acceptors (Lipinski definition) is 2. The molecule has 2 nitrogen and oxygen atoms in total. The predicted octanol–water partition coefficient (Wildman–Crippen LogP) is 10.6. The van der Waals surface area contributed by atoms with Crippen molar-refractivity contribution in [3.05, 3.63) is 143 Å². The van der Waals surface area contributed by atoms with Crippen LogP contribution in [0.4, 0.5) is 0 Å². The van der Waals surface area contributed by atoms with Crippen LogP contribution in [0.5, 0.6) is 0 Å². The maximum absolute atomic E-state index is 4.79. The highest BCUT2D eigenvalue weighted by atomic mass is 28.3. The smallest absolute Gasteiger partial charge is 0.0722 e. The molecule has 3 heteroatoms. The standard InChI is InChI=1S/C40H34N2Si/c1-25-19-35-31(29-21-27-11-5-7-17-37(27)41-23-29)13-9-15-33(35)39(25)43(3,4)40-26(2)20-36-32(14-10-16-34(36)40)30-22-28-12-6-8-18-38(28)42-24-30/h5-24,39-40H,1-4H3. The fraction of sp³-hybridized carbons (Fsp3) is 0.150. The molecule has 0 amide bonds. The van der Waals surface area contributed by atoms with Crippen molar-refractivity contribution < 1.29 is 0 Å². The fourth-order valence-electron chi connectivity index (χ4n) is 8.19. The molecule has 4 aromatic carbocycles. The van der Waals surface area contributed by atoms with Crippen LogP contribution in [-0.4, -0.2) is 18.0 Å². The van der Waals surface area contributed by atoms with Gasteiger partial charge in [0.15, 0.2) is 0 Å². The monoisotopic (exact) mass is 570 g/mol. The van der Waals surface area contributed by atoms with E-state index >= 15 is 0 Å². The predicted molar refractivity (Wildman–Crippen MR) is 185 cm³/mol. The second-order valence-electron chi connectivity index (χ2n) is 12.9. The molecule has 0 saturated heterocycles. The Morgan fingerprint density at radius 1 is 0.535 bits per heavy atom. The van der Waals surface area contributed by atoms with Gasteiger partial charge in [0, 0.05) is 45.4 Å². The zero-order valence-corrected chi connectivity index (χ0v) is 26.1. The lowest BCUT2D eigenvalue weighted by atomic mass is 9.97. The normalized spacial score (nSPS) is 17.6. The number of rotatable bonds is 4. The number of nitrogens with zero attached hydrogens (tertiary/aromatic N) is 2. The van der Waals surface area contributed by atoms with E-state index in [1.54, 1.807) is 0 Å². The van der Waals surface area contributed by atoms with Gasteiger partial charge in [-0.2, -0.15) is 0 Å². The number of benzene rings is 4. The topological polar surface area (TPSA) is 25.8 Å². The van der Waals surface area contributed by atoms with Crippen molar-refractivity contribution >= 4 is 42.0 Å². The zero-order chi connectivity index (χ0) is 29.3. The second kappa shape index (κ2) is 9.72. The van der Waals surface area contributed by atoms with E-state index in [-0.39, 0.29) is 0 Å². The van der Waals surface area contributed by atoms with Gasteiger partial charge in [0.25, 0.3) is 0 Å². The van der Waals surface area contributed by atoms with Crippen molar-refractivity contribution in [2.75, 3.05) is 0 Å². The largest absolute Gasteiger partial charge is 0.256 e. The third kappa shape index (κ3) is 4.06. The summed E-state index contributed by atoms with van der Waals surface area (Å²) in [6, 6.07) is 35.2. The molecule has 2 unspecified atom stereocenters. The van der Waals surface area contributed by atoms with Crippen LogP contribution in [-0.2, 0) is 0 Å². The van der Waals surface area contributed by atoms with Crippen molar-refractivity contribution in [1.82, 2.24) is 9.97 Å². The van der Waals surface area contributed by atoms with E-state index in [9.17, 15) is 0 Å². The molecule has 0 radical (unpaired) electrons. The van der Waals surface area contributed by atoms with E-state index in [4.69, 9.17) is 9.97 Å². The van der Waals surface area contributed by atoms with Crippen LogP contribution in [0.25, 0.3) is 56.2 Å². The molecule has 8 rings (SSSR count). The molecule has 208 valence electrons. The highest BCUT2D eigenvalue weighted by molar-refractivity contribution is 6.81. The highest BCUT2D eigenvalue weighted by Crippen LogP contribution is 2.54. The van der Waals surface area contributed by atoms with Crippen LogP contribution >= 0.6 is 0 Å². The molecule has 0 fully saturated rings. The van der Waals surface area contributed by atoms with Gasteiger partial charge in [-0.15, -0.1) is 0 Å². The molecule has 0 spiro atoms. The SMILES string of the molecule is CC1=Cc2c(-c3cnc4ccccc4c3)cccc2C1[Si](C)(C)C1C(C)=Cc2c(-c3cnc4ccccc4c3)cccc21. The van der Waals surface area contributed by atoms with Gasteiger partial charge < -0.3 is 0 Å². The van der Waals surface area contributed by atoms with Crippen LogP contribution < -0.4 is 0 Å². The highest BCUT2D eigenvalue weighted by Gasteiger charge is 2.47. The molecule has 6 aromatic rings. The van der Waals surface area contributed by atoms with Crippen molar-refractivity contribution in [3.8, 4) is 22.3 Å². The Balaban J connectivity index is 1.21. The summed E-state index contributed by atoms with van der Waals surface area (Å²) in [5, 5.41) is 2.37. The van der Waals surface area contributed by atoms with Crippen LogP contribution in [0.2, 0.25) is 13.1 Å². The summed E-state index contributed by atoms with van der Waals surface area (Å²) < 4.78 is 0. The third-order valence-corrected chi connectivity index (χ3v) is 14.4. The first kappa shape index (κ1) is 26.1. The number of hydrogen-bond donors (Lipinski definition) is 0. The minimum Gasteiger partial charge on any atom is -0.256 e. The molecule has 2 aromatic heterocycles. The van der Waals surface area contributed by atoms with Gasteiger partial charge in [-0.3, -0.25) is 9.97 Å². The molecule has 0 saturated carbocycles. The lowest BCUT2D eigenvalue weighted by Gasteiger charge is -2.39. The molecule has 2 atom stereocenters. The Hall–Kier alpha value is -4.60. The molecular weight excluding hydrogens is 537 g/mol. The molecular formula is C40H34N2Si. The van der Waals surface area contributed by atoms with Crippen molar-refractivity contribution in [1.29, 1.82) is 0 Å². The van der Waals surface area contributed by atoms with E-state index in [0.717, 1.165) is 11.0 Å². The van der Waals surface area contributed by atoms with Gasteiger partial charge >= 0.3 is 0 Å². The summed E-state index contributed by atoms with van der Waals surface area (Å²) >= 11 is 0. The Labute approximate surface area is 254 Å². The lowest BCUT2D eigenvalue weighted by Crippen LogP contribution is -2.42. The van der Waals surface area contributed by atoms with Gasteiger partial charge in [0.05, 0.1) is 19.1 Å². The summed E-state index contributed by atoms with van der Waals surface area (Å²) in [6.45, 7) is 9.92. The van der Waals surface area contributed by atoms with E-state index in [2.05, 4.69) is 136 Å². The molecule has 0 bridgehead atoms. The van der Waals surface area contributed by atoms with E-state index in [0.29, 0.717) is 11.1 Å². The van der Waals surface area contributed by atoms with Gasteiger partial charge in [0.2, 0.25) is 0 Å². The van der Waals surface area contributed by atoms with Gasteiger partial charge in [-0.1, -0.05) is 109 Å². The number of allylic oxidation sites excluding steroid dienone is 2. The van der Waals surface area contributed by atoms with Gasteiger partial charge in [0.1, 0.15) is 0 Å². The third-order valence-electron chi connectivity index (χ3n) is 9.85. The van der Waals surface area contributed by atoms with Crippen LogP contribution in [0.1, 0.15) is 47.2 Å². The molecule has 43 heavy (non-hydrogen) atoms. The minimum atomic E-state index is -1.97. The molecule has 2 aliphatic rings. The Kier molecular flexibility index (Phi) is 5.89. The van der Waals surface area contributed by atoms with E-state index < -0.39 is 8.07 Å². The molecule has 2 heterocycles. The number of para-hydroxylation sites is 2. The average Bonchev–Trinajstić information content (AvgIpc) is 3.56. The number of fused-ring (bicyclic) bond motifs is 4. The summed E-state index contributed by atoms with van der Waals surface area (Å²) in [6.07, 6.45) is 9.01. The van der Waals surface area contributed by atoms with E-state index in [1.165, 1.54) is 66.4 Å². The van der Waals surface area contributed by atoms with Crippen molar-refractivity contribution in [2.24, 2.45) is 0 Å². The fourth-order valence-corrected chi connectivity index (χ4v) is 13.1. The Morgan fingerprint density at radius 2 is 0.977 bits per heavy atom. The maximum atomic E-state index is 4.79. The number of aromatic nitrogens is 2.